The van der Waals surface area contributed by atoms with E-state index in [1.807, 2.05) is 16.0 Å². The number of carbonyl (C=O) groups is 1. The van der Waals surface area contributed by atoms with Crippen LogP contribution in [0.15, 0.2) is 34.6 Å². The Kier molecular flexibility index (Phi) is 7.49. The fourth-order valence-electron chi connectivity index (χ4n) is 6.24. The molecule has 1 aromatic carbocycles. The minimum absolute atomic E-state index is 0.0556. The number of piperidine rings is 1. The van der Waals surface area contributed by atoms with Gasteiger partial charge in [0.15, 0.2) is 0 Å². The van der Waals surface area contributed by atoms with Crippen molar-refractivity contribution < 1.29 is 18.2 Å². The SMILES string of the molecule is CN=CC(=CN)c1cc2c(cc1C(F)F)[N+](=C1C3=C(CCN(C(=O)NC)C3)N1C1CCN(N)CC1)CCC2. The molecule has 2 amide bonds. The largest absolute Gasteiger partial charge is 0.404 e. The monoisotopic (exact) mass is 527 g/mol. The van der Waals surface area contributed by atoms with Crippen molar-refractivity contribution >= 4 is 29.3 Å². The first-order chi connectivity index (χ1) is 18.4. The predicted octanol–water partition coefficient (Wildman–Crippen LogP) is 2.57. The molecule has 0 unspecified atom stereocenters. The van der Waals surface area contributed by atoms with Crippen LogP contribution in [-0.4, -0.2) is 90.3 Å². The minimum Gasteiger partial charge on any atom is -0.404 e. The maximum atomic E-state index is 14.4. The molecular weight excluding hydrogens is 490 g/mol. The van der Waals surface area contributed by atoms with E-state index in [1.54, 1.807) is 20.2 Å². The number of hydrogen-bond donors (Lipinski definition) is 3. The molecule has 0 radical (unpaired) electrons. The molecule has 1 fully saturated rings. The average molecular weight is 528 g/mol. The van der Waals surface area contributed by atoms with Crippen molar-refractivity contribution in [2.75, 3.05) is 46.8 Å². The van der Waals surface area contributed by atoms with Crippen molar-refractivity contribution in [1.82, 2.24) is 20.1 Å². The van der Waals surface area contributed by atoms with E-state index in [9.17, 15) is 13.6 Å². The number of urea groups is 1. The molecule has 11 heteroatoms. The van der Waals surface area contributed by atoms with Gasteiger partial charge in [-0.2, -0.15) is 0 Å². The highest BCUT2D eigenvalue weighted by Gasteiger charge is 2.51. The molecule has 4 heterocycles. The number of allylic oxidation sites excluding steroid dienone is 1. The maximum Gasteiger partial charge on any atom is 0.317 e. The molecule has 5 N–H and O–H groups in total. The number of halogens is 2. The number of nitrogens with two attached hydrogens (primary N) is 2. The van der Waals surface area contributed by atoms with Crippen molar-refractivity contribution in [3.05, 3.63) is 46.3 Å². The van der Waals surface area contributed by atoms with E-state index in [2.05, 4.69) is 19.8 Å². The molecule has 0 aliphatic carbocycles. The van der Waals surface area contributed by atoms with E-state index in [0.717, 1.165) is 74.4 Å². The van der Waals surface area contributed by atoms with Crippen molar-refractivity contribution in [2.45, 2.75) is 44.6 Å². The van der Waals surface area contributed by atoms with Crippen molar-refractivity contribution in [3.8, 4) is 0 Å². The number of amides is 2. The van der Waals surface area contributed by atoms with Gasteiger partial charge in [0.1, 0.15) is 23.0 Å². The summed E-state index contributed by atoms with van der Waals surface area (Å²) < 4.78 is 31.0. The van der Waals surface area contributed by atoms with Gasteiger partial charge in [-0.25, -0.2) is 28.1 Å². The van der Waals surface area contributed by atoms with Gasteiger partial charge in [-0.15, -0.1) is 0 Å². The molecule has 0 aromatic heterocycles. The van der Waals surface area contributed by atoms with Gasteiger partial charge in [-0.05, 0) is 36.1 Å². The summed E-state index contributed by atoms with van der Waals surface area (Å²) in [5.41, 5.74) is 10.9. The number of hydrogen-bond acceptors (Lipinski definition) is 5. The topological polar surface area (TPSA) is 106 Å². The third-order valence-corrected chi connectivity index (χ3v) is 8.09. The summed E-state index contributed by atoms with van der Waals surface area (Å²) in [4.78, 5) is 20.7. The Morgan fingerprint density at radius 1 is 1.24 bits per heavy atom. The quantitative estimate of drug-likeness (QED) is 0.317. The number of alkyl halides is 2. The van der Waals surface area contributed by atoms with E-state index in [-0.39, 0.29) is 11.6 Å². The van der Waals surface area contributed by atoms with Gasteiger partial charge in [-0.1, -0.05) is 0 Å². The lowest BCUT2D eigenvalue weighted by Gasteiger charge is -2.45. The van der Waals surface area contributed by atoms with E-state index in [4.69, 9.17) is 11.6 Å². The van der Waals surface area contributed by atoms with Crippen LogP contribution in [0.2, 0.25) is 0 Å². The van der Waals surface area contributed by atoms with Gasteiger partial charge in [-0.3, -0.25) is 10.8 Å². The fraction of sp³-hybridized carbons (Fsp3) is 0.519. The Morgan fingerprint density at radius 3 is 2.66 bits per heavy atom. The Bertz CT molecular complexity index is 1230. The molecule has 38 heavy (non-hydrogen) atoms. The third-order valence-electron chi connectivity index (χ3n) is 8.09. The van der Waals surface area contributed by atoms with Crippen LogP contribution in [0.5, 0.6) is 0 Å². The predicted molar refractivity (Wildman–Crippen MR) is 144 cm³/mol. The van der Waals surface area contributed by atoms with Gasteiger partial charge in [0, 0.05) is 76.5 Å². The van der Waals surface area contributed by atoms with Crippen LogP contribution in [0.3, 0.4) is 0 Å². The zero-order chi connectivity index (χ0) is 27.0. The second kappa shape index (κ2) is 10.8. The normalized spacial score (nSPS) is 23.2. The second-order valence-corrected chi connectivity index (χ2v) is 10.2. The summed E-state index contributed by atoms with van der Waals surface area (Å²) in [5.74, 6) is 7.10. The second-order valence-electron chi connectivity index (χ2n) is 10.2. The van der Waals surface area contributed by atoms with Crippen molar-refractivity contribution in [2.24, 2.45) is 16.6 Å². The standard InChI is InChI=1S/C27H36F2N8O/c1-32-15-18(14-30)20-12-17-4-3-8-36(24(17)13-21(20)25(28)29)26-22-16-34(27(38)33-2)9-7-23(22)37(26)19-5-10-35(31)11-6-19/h12-15,19,25H,3-11,16,31H2,1-2H3,(H2-,30,32,33,38)/p+1. The summed E-state index contributed by atoms with van der Waals surface area (Å²) in [7, 11) is 3.24. The Morgan fingerprint density at radius 2 is 2.00 bits per heavy atom. The van der Waals surface area contributed by atoms with E-state index in [0.29, 0.717) is 30.3 Å². The first kappa shape index (κ1) is 26.3. The molecular formula is C27H37F2N8O+. The summed E-state index contributed by atoms with van der Waals surface area (Å²) in [5, 5.41) is 4.59. The number of carbonyl (C=O) groups excluding carboxylic acids is 1. The molecule has 1 aromatic rings. The average Bonchev–Trinajstić information content (AvgIpc) is 2.92. The lowest BCUT2D eigenvalue weighted by molar-refractivity contribution is -0.453. The van der Waals surface area contributed by atoms with Crippen LogP contribution >= 0.6 is 0 Å². The molecule has 4 aliphatic rings. The van der Waals surface area contributed by atoms with E-state index in [1.165, 1.54) is 18.1 Å². The summed E-state index contributed by atoms with van der Waals surface area (Å²) in [6.07, 6.45) is 4.51. The molecule has 9 nitrogen and oxygen atoms in total. The highest BCUT2D eigenvalue weighted by molar-refractivity contribution is 6.10. The lowest BCUT2D eigenvalue weighted by atomic mass is 9.88. The van der Waals surface area contributed by atoms with Crippen LogP contribution in [0, 0.1) is 0 Å². The van der Waals surface area contributed by atoms with Crippen LogP contribution in [0.25, 0.3) is 5.57 Å². The van der Waals surface area contributed by atoms with Crippen molar-refractivity contribution in [3.63, 3.8) is 0 Å². The fourth-order valence-corrected chi connectivity index (χ4v) is 6.24. The zero-order valence-corrected chi connectivity index (χ0v) is 22.1. The first-order valence-electron chi connectivity index (χ1n) is 13.3. The van der Waals surface area contributed by atoms with Gasteiger partial charge >= 0.3 is 6.03 Å². The molecule has 0 spiro atoms. The molecule has 0 saturated carbocycles. The number of hydrazine groups is 1. The van der Waals surface area contributed by atoms with E-state index >= 15 is 0 Å². The molecule has 0 bridgehead atoms. The van der Waals surface area contributed by atoms with E-state index < -0.39 is 6.43 Å². The Balaban J connectivity index is 1.64. The number of nitrogens with zero attached hydrogens (tertiary/aromatic N) is 5. The van der Waals surface area contributed by atoms with Gasteiger partial charge in [0.05, 0.1) is 13.1 Å². The Labute approximate surface area is 222 Å². The lowest BCUT2D eigenvalue weighted by Crippen LogP contribution is -2.60. The first-order valence-corrected chi connectivity index (χ1v) is 13.3. The molecule has 5 rings (SSSR count). The summed E-state index contributed by atoms with van der Waals surface area (Å²) in [6, 6.07) is 3.68. The number of benzene rings is 1. The maximum absolute atomic E-state index is 14.4. The molecule has 0 atom stereocenters. The molecule has 1 saturated heterocycles. The number of aliphatic imine (C=N–C) groups is 1. The number of rotatable bonds is 4. The van der Waals surface area contributed by atoms with Crippen molar-refractivity contribution in [1.29, 1.82) is 0 Å². The zero-order valence-electron chi connectivity index (χ0n) is 22.1. The van der Waals surface area contributed by atoms with Crippen LogP contribution in [-0.2, 0) is 6.42 Å². The van der Waals surface area contributed by atoms with Crippen LogP contribution in [0.4, 0.5) is 19.3 Å². The highest BCUT2D eigenvalue weighted by Crippen LogP contribution is 2.42. The highest BCUT2D eigenvalue weighted by atomic mass is 19.3. The van der Waals surface area contributed by atoms with Gasteiger partial charge < -0.3 is 16.0 Å². The number of nitrogens with one attached hydrogen (secondary N) is 1. The van der Waals surface area contributed by atoms with Crippen LogP contribution in [0.1, 0.15) is 48.8 Å². The Hall–Kier alpha value is -3.31. The molecule has 204 valence electrons. The smallest absolute Gasteiger partial charge is 0.317 e. The van der Waals surface area contributed by atoms with Gasteiger partial charge in [0.2, 0.25) is 0 Å². The summed E-state index contributed by atoms with van der Waals surface area (Å²) in [6.45, 7) is 3.51. The number of aryl methyl sites for hydroxylation is 1. The van der Waals surface area contributed by atoms with Gasteiger partial charge in [0.25, 0.3) is 12.3 Å². The van der Waals surface area contributed by atoms with Crippen LogP contribution < -0.4 is 16.9 Å². The summed E-state index contributed by atoms with van der Waals surface area (Å²) >= 11 is 0. The number of amidine groups is 1. The number of fused-ring (bicyclic) bond motifs is 1. The minimum atomic E-state index is -2.66. The molecule has 4 aliphatic heterocycles. The third kappa shape index (κ3) is 4.58.